The maximum Gasteiger partial charge on any atom is 0.229 e. The van der Waals surface area contributed by atoms with Crippen molar-refractivity contribution in [3.05, 3.63) is 54.0 Å². The van der Waals surface area contributed by atoms with Crippen molar-refractivity contribution in [2.75, 3.05) is 0 Å². The van der Waals surface area contributed by atoms with Crippen molar-refractivity contribution in [3.63, 3.8) is 0 Å². The number of carbonyl (C=O) groups is 1. The molecule has 5 rings (SSSR count). The molecule has 1 amide bonds. The molecule has 6 heteroatoms. The molecular formula is C20H20N4OS. The molecule has 3 aromatic rings. The highest BCUT2D eigenvalue weighted by Gasteiger charge is 2.40. The number of benzene rings is 1. The maximum atomic E-state index is 13.1. The predicted molar refractivity (Wildman–Crippen MR) is 103 cm³/mol. The lowest BCUT2D eigenvalue weighted by Gasteiger charge is -2.34. The normalized spacial score (nSPS) is 22.0. The summed E-state index contributed by atoms with van der Waals surface area (Å²) in [4.78, 5) is 15.2. The zero-order valence-electron chi connectivity index (χ0n) is 14.6. The first-order chi connectivity index (χ1) is 12.7. The van der Waals surface area contributed by atoms with Gasteiger partial charge in [0.05, 0.1) is 28.6 Å². The second kappa shape index (κ2) is 6.06. The molecule has 4 heterocycles. The van der Waals surface area contributed by atoms with Crippen molar-refractivity contribution < 1.29 is 4.79 Å². The Balaban J connectivity index is 1.40. The fourth-order valence-electron chi connectivity index (χ4n) is 4.40. The van der Waals surface area contributed by atoms with Crippen molar-refractivity contribution in [1.82, 2.24) is 19.1 Å². The van der Waals surface area contributed by atoms with Crippen molar-refractivity contribution in [2.45, 2.75) is 37.8 Å². The Bertz CT molecular complexity index is 1020. The molecule has 2 unspecified atom stereocenters. The minimum Gasteiger partial charge on any atom is -0.333 e. The number of hydrogen-bond acceptors (Lipinski definition) is 4. The van der Waals surface area contributed by atoms with Crippen LogP contribution in [0.3, 0.4) is 0 Å². The lowest BCUT2D eigenvalue weighted by molar-refractivity contribution is -0.132. The van der Waals surface area contributed by atoms with Crippen molar-refractivity contribution in [3.8, 4) is 0 Å². The highest BCUT2D eigenvalue weighted by molar-refractivity contribution is 7.13. The molecule has 0 aliphatic carbocycles. The summed E-state index contributed by atoms with van der Waals surface area (Å²) in [6.07, 6.45) is 7.55. The average molecular weight is 364 g/mol. The first kappa shape index (κ1) is 15.8. The first-order valence-corrected chi connectivity index (χ1v) is 9.81. The third-order valence-electron chi connectivity index (χ3n) is 5.60. The van der Waals surface area contributed by atoms with Gasteiger partial charge in [-0.3, -0.25) is 9.48 Å². The van der Waals surface area contributed by atoms with E-state index < -0.39 is 0 Å². The minimum atomic E-state index is 0.203. The topological polar surface area (TPSA) is 51.0 Å². The number of hydrogen-bond donors (Lipinski definition) is 0. The van der Waals surface area contributed by atoms with Gasteiger partial charge in [0.2, 0.25) is 5.91 Å². The number of aromatic nitrogens is 3. The van der Waals surface area contributed by atoms with Crippen LogP contribution < -0.4 is 0 Å². The molecule has 2 aliphatic heterocycles. The summed E-state index contributed by atoms with van der Waals surface area (Å²) in [6, 6.07) is 10.7. The third kappa shape index (κ3) is 2.48. The van der Waals surface area contributed by atoms with Crippen LogP contribution >= 0.6 is 11.5 Å². The molecule has 0 spiro atoms. The Morgan fingerprint density at radius 3 is 2.96 bits per heavy atom. The summed E-state index contributed by atoms with van der Waals surface area (Å²) in [5.74, 6) is 0.203. The van der Waals surface area contributed by atoms with E-state index in [1.54, 1.807) is 0 Å². The molecule has 0 radical (unpaired) electrons. The highest BCUT2D eigenvalue weighted by Crippen LogP contribution is 2.39. The Hall–Kier alpha value is -2.47. The number of rotatable bonds is 3. The molecular weight excluding hydrogens is 344 g/mol. The van der Waals surface area contributed by atoms with Crippen LogP contribution in [0.2, 0.25) is 0 Å². The van der Waals surface area contributed by atoms with E-state index in [2.05, 4.69) is 38.6 Å². The first-order valence-electron chi connectivity index (χ1n) is 9.04. The molecule has 5 nitrogen and oxygen atoms in total. The second-order valence-corrected chi connectivity index (χ2v) is 7.94. The van der Waals surface area contributed by atoms with Crippen molar-refractivity contribution >= 4 is 33.1 Å². The number of nitrogens with zero attached hydrogens (tertiary/aromatic N) is 4. The van der Waals surface area contributed by atoms with Crippen LogP contribution in [0.5, 0.6) is 0 Å². The molecule has 0 N–H and O–H groups in total. The molecule has 1 fully saturated rings. The Morgan fingerprint density at radius 1 is 1.27 bits per heavy atom. The lowest BCUT2D eigenvalue weighted by Crippen LogP contribution is -2.43. The van der Waals surface area contributed by atoms with Crippen LogP contribution in [0.1, 0.15) is 30.7 Å². The summed E-state index contributed by atoms with van der Waals surface area (Å²) in [6.45, 7) is 0. The molecule has 0 saturated carbocycles. The van der Waals surface area contributed by atoms with Gasteiger partial charge in [-0.1, -0.05) is 24.3 Å². The summed E-state index contributed by atoms with van der Waals surface area (Å²) in [5.41, 5.74) is 3.40. The van der Waals surface area contributed by atoms with Gasteiger partial charge in [-0.25, -0.2) is 0 Å². The zero-order valence-corrected chi connectivity index (χ0v) is 15.4. The van der Waals surface area contributed by atoms with Gasteiger partial charge >= 0.3 is 0 Å². The number of carbonyl (C=O) groups excluding carboxylic acids is 1. The van der Waals surface area contributed by atoms with E-state index in [4.69, 9.17) is 0 Å². The van der Waals surface area contributed by atoms with Gasteiger partial charge in [0.15, 0.2) is 0 Å². The number of amides is 1. The van der Waals surface area contributed by atoms with E-state index in [0.29, 0.717) is 12.5 Å². The summed E-state index contributed by atoms with van der Waals surface area (Å²) in [7, 11) is 1.98. The van der Waals surface area contributed by atoms with Crippen LogP contribution in [0.15, 0.2) is 42.6 Å². The van der Waals surface area contributed by atoms with Gasteiger partial charge in [0, 0.05) is 24.7 Å². The molecule has 2 aromatic heterocycles. The summed E-state index contributed by atoms with van der Waals surface area (Å²) >= 11 is 1.48. The van der Waals surface area contributed by atoms with Crippen LogP contribution in [0.4, 0.5) is 0 Å². The quantitative estimate of drug-likeness (QED) is 0.715. The van der Waals surface area contributed by atoms with Gasteiger partial charge in [-0.15, -0.1) is 0 Å². The van der Waals surface area contributed by atoms with Crippen LogP contribution in [0, 0.1) is 0 Å². The van der Waals surface area contributed by atoms with Gasteiger partial charge in [0.25, 0.3) is 0 Å². The fraction of sp³-hybridized carbons (Fsp3) is 0.350. The number of aryl methyl sites for hydroxylation is 1. The highest BCUT2D eigenvalue weighted by atomic mass is 32.1. The van der Waals surface area contributed by atoms with Crippen LogP contribution in [-0.2, 0) is 18.3 Å². The Labute approximate surface area is 156 Å². The molecule has 2 aliphatic rings. The van der Waals surface area contributed by atoms with Gasteiger partial charge in [0.1, 0.15) is 0 Å². The van der Waals surface area contributed by atoms with Crippen LogP contribution in [0.25, 0.3) is 15.7 Å². The standard InChI is InChI=1S/C20H20N4OS/c1-23-18(8-9-21-23)13-10-14-6-7-15(11-13)24(14)20(25)12-17-16-4-2-3-5-19(16)26-22-17/h2-5,8-10,14-15H,6-7,11-12H2,1H3. The monoisotopic (exact) mass is 364 g/mol. The molecule has 26 heavy (non-hydrogen) atoms. The third-order valence-corrected chi connectivity index (χ3v) is 6.47. The van der Waals surface area contributed by atoms with E-state index in [9.17, 15) is 4.79 Å². The van der Waals surface area contributed by atoms with E-state index in [-0.39, 0.29) is 11.9 Å². The van der Waals surface area contributed by atoms with E-state index >= 15 is 0 Å². The van der Waals surface area contributed by atoms with Crippen molar-refractivity contribution in [2.24, 2.45) is 7.05 Å². The molecule has 2 bridgehead atoms. The van der Waals surface area contributed by atoms with E-state index in [1.165, 1.54) is 22.8 Å². The van der Waals surface area contributed by atoms with E-state index in [0.717, 1.165) is 35.0 Å². The van der Waals surface area contributed by atoms with Crippen molar-refractivity contribution in [1.29, 1.82) is 0 Å². The van der Waals surface area contributed by atoms with E-state index in [1.807, 2.05) is 30.1 Å². The minimum absolute atomic E-state index is 0.203. The van der Waals surface area contributed by atoms with Crippen LogP contribution in [-0.4, -0.2) is 37.0 Å². The maximum absolute atomic E-state index is 13.1. The second-order valence-electron chi connectivity index (χ2n) is 7.14. The molecule has 1 saturated heterocycles. The molecule has 132 valence electrons. The molecule has 1 aromatic carbocycles. The molecule has 2 atom stereocenters. The largest absolute Gasteiger partial charge is 0.333 e. The Morgan fingerprint density at radius 2 is 2.15 bits per heavy atom. The number of fused-ring (bicyclic) bond motifs is 3. The predicted octanol–water partition coefficient (Wildman–Crippen LogP) is 3.42. The smallest absolute Gasteiger partial charge is 0.229 e. The SMILES string of the molecule is Cn1nccc1C1=CC2CCC(C1)N2C(=O)Cc1nsc2ccccc12. The summed E-state index contributed by atoms with van der Waals surface area (Å²) in [5, 5.41) is 5.40. The summed E-state index contributed by atoms with van der Waals surface area (Å²) < 4.78 is 7.60. The zero-order chi connectivity index (χ0) is 17.7. The lowest BCUT2D eigenvalue weighted by atomic mass is 9.98. The van der Waals surface area contributed by atoms with Gasteiger partial charge in [-0.2, -0.15) is 9.47 Å². The average Bonchev–Trinajstić information content (AvgIpc) is 3.32. The van der Waals surface area contributed by atoms with Gasteiger partial charge < -0.3 is 4.90 Å². The Kier molecular flexibility index (Phi) is 3.67. The fourth-order valence-corrected chi connectivity index (χ4v) is 5.19. The van der Waals surface area contributed by atoms with Gasteiger partial charge in [-0.05, 0) is 48.5 Å².